The highest BCUT2D eigenvalue weighted by Crippen LogP contribution is 2.32. The molecule has 22 heavy (non-hydrogen) atoms. The largest absolute Gasteiger partial charge is 0.484 e. The molecule has 0 unspecified atom stereocenters. The molecular formula is C15H8ClF2NO3. The molecule has 0 saturated heterocycles. The highest BCUT2D eigenvalue weighted by molar-refractivity contribution is 6.31. The monoisotopic (exact) mass is 323 g/mol. The standard InChI is InChI=1S/C15H8ClF2NO3/c16-9-5-7(1-3-10(9)17)19-15(21)8-2-4-11(18)13-12(20)6-22-14(8)13/h1-5H,6H2,(H,19,21). The summed E-state index contributed by atoms with van der Waals surface area (Å²) in [5.41, 5.74) is 0.0475. The number of ketones is 1. The van der Waals surface area contributed by atoms with Crippen LogP contribution in [0.3, 0.4) is 0 Å². The highest BCUT2D eigenvalue weighted by Gasteiger charge is 2.30. The van der Waals surface area contributed by atoms with Crippen molar-refractivity contribution in [2.24, 2.45) is 0 Å². The Morgan fingerprint density at radius 1 is 1.18 bits per heavy atom. The number of carbonyl (C=O) groups is 2. The Balaban J connectivity index is 1.93. The van der Waals surface area contributed by atoms with Gasteiger partial charge in [-0.1, -0.05) is 11.6 Å². The smallest absolute Gasteiger partial charge is 0.259 e. The van der Waals surface area contributed by atoms with Crippen molar-refractivity contribution >= 4 is 29.0 Å². The molecule has 1 heterocycles. The zero-order chi connectivity index (χ0) is 15.9. The molecule has 0 fully saturated rings. The van der Waals surface area contributed by atoms with Crippen LogP contribution in [0, 0.1) is 11.6 Å². The van der Waals surface area contributed by atoms with E-state index >= 15 is 0 Å². The molecule has 0 saturated carbocycles. The van der Waals surface area contributed by atoms with Crippen molar-refractivity contribution in [2.75, 3.05) is 11.9 Å². The molecule has 0 bridgehead atoms. The van der Waals surface area contributed by atoms with Gasteiger partial charge in [0, 0.05) is 5.69 Å². The molecular weight excluding hydrogens is 316 g/mol. The summed E-state index contributed by atoms with van der Waals surface area (Å²) in [4.78, 5) is 23.8. The number of ether oxygens (including phenoxy) is 1. The van der Waals surface area contributed by atoms with Gasteiger partial charge < -0.3 is 10.1 Å². The number of anilines is 1. The predicted molar refractivity (Wildman–Crippen MR) is 75.6 cm³/mol. The molecule has 1 aliphatic rings. The number of benzene rings is 2. The molecule has 2 aromatic carbocycles. The summed E-state index contributed by atoms with van der Waals surface area (Å²) in [5.74, 6) is -2.58. The fraction of sp³-hybridized carbons (Fsp3) is 0.0667. The summed E-state index contributed by atoms with van der Waals surface area (Å²) >= 11 is 5.63. The lowest BCUT2D eigenvalue weighted by Crippen LogP contribution is -2.13. The summed E-state index contributed by atoms with van der Waals surface area (Å²) in [5, 5.41) is 2.34. The van der Waals surface area contributed by atoms with Crippen molar-refractivity contribution in [1.82, 2.24) is 0 Å². The van der Waals surface area contributed by atoms with Crippen molar-refractivity contribution in [2.45, 2.75) is 0 Å². The molecule has 0 aromatic heterocycles. The molecule has 1 N–H and O–H groups in total. The van der Waals surface area contributed by atoms with Gasteiger partial charge in [0.25, 0.3) is 5.91 Å². The molecule has 2 aromatic rings. The molecule has 1 aliphatic heterocycles. The second kappa shape index (κ2) is 5.38. The molecule has 0 atom stereocenters. The second-order valence-corrected chi connectivity index (χ2v) is 5.00. The zero-order valence-electron chi connectivity index (χ0n) is 11.0. The molecule has 0 radical (unpaired) electrons. The van der Waals surface area contributed by atoms with Crippen molar-refractivity contribution in [1.29, 1.82) is 0 Å². The topological polar surface area (TPSA) is 55.4 Å². The number of carbonyl (C=O) groups excluding carboxylic acids is 2. The number of hydrogen-bond acceptors (Lipinski definition) is 3. The Kier molecular flexibility index (Phi) is 3.54. The average molecular weight is 324 g/mol. The fourth-order valence-electron chi connectivity index (χ4n) is 2.13. The van der Waals surface area contributed by atoms with E-state index in [1.165, 1.54) is 18.2 Å². The van der Waals surface area contributed by atoms with Crippen molar-refractivity contribution < 1.29 is 23.1 Å². The summed E-state index contributed by atoms with van der Waals surface area (Å²) in [6, 6.07) is 5.91. The van der Waals surface area contributed by atoms with Crippen LogP contribution in [0.1, 0.15) is 20.7 Å². The molecule has 3 rings (SSSR count). The first kappa shape index (κ1) is 14.5. The van der Waals surface area contributed by atoms with Crippen molar-refractivity contribution in [3.8, 4) is 5.75 Å². The Morgan fingerprint density at radius 2 is 1.91 bits per heavy atom. The third-order valence-electron chi connectivity index (χ3n) is 3.16. The van der Waals surface area contributed by atoms with Crippen LogP contribution in [0.5, 0.6) is 5.75 Å². The normalized spacial score (nSPS) is 12.8. The Bertz CT molecular complexity index is 808. The third kappa shape index (κ3) is 2.42. The highest BCUT2D eigenvalue weighted by atomic mass is 35.5. The lowest BCUT2D eigenvalue weighted by molar-refractivity contribution is 0.0954. The van der Waals surface area contributed by atoms with Gasteiger partial charge >= 0.3 is 0 Å². The number of hydrogen-bond donors (Lipinski definition) is 1. The molecule has 1 amide bonds. The lowest BCUT2D eigenvalue weighted by atomic mass is 10.1. The van der Waals surface area contributed by atoms with E-state index < -0.39 is 23.3 Å². The SMILES string of the molecule is O=C(Nc1ccc(F)c(Cl)c1)c1ccc(F)c2c1OCC2=O. The minimum Gasteiger partial charge on any atom is -0.484 e. The molecule has 4 nitrogen and oxygen atoms in total. The molecule has 0 aliphatic carbocycles. The van der Waals surface area contributed by atoms with Gasteiger partial charge in [-0.15, -0.1) is 0 Å². The molecule has 0 spiro atoms. The van der Waals surface area contributed by atoms with Gasteiger partial charge in [-0.25, -0.2) is 8.78 Å². The van der Waals surface area contributed by atoms with Gasteiger partial charge in [0.2, 0.25) is 5.78 Å². The van der Waals surface area contributed by atoms with E-state index in [4.69, 9.17) is 16.3 Å². The quantitative estimate of drug-likeness (QED) is 0.921. The van der Waals surface area contributed by atoms with Crippen LogP contribution >= 0.6 is 11.6 Å². The average Bonchev–Trinajstić information content (AvgIpc) is 2.86. The Labute approximate surface area is 128 Å². The number of amides is 1. The Hall–Kier alpha value is -2.47. The fourth-order valence-corrected chi connectivity index (χ4v) is 2.31. The first-order valence-electron chi connectivity index (χ1n) is 6.22. The van der Waals surface area contributed by atoms with Gasteiger partial charge in [0.15, 0.2) is 6.61 Å². The lowest BCUT2D eigenvalue weighted by Gasteiger charge is -2.09. The van der Waals surface area contributed by atoms with E-state index in [1.807, 2.05) is 0 Å². The zero-order valence-corrected chi connectivity index (χ0v) is 11.7. The minimum absolute atomic E-state index is 0.0164. The van der Waals surface area contributed by atoms with E-state index in [0.717, 1.165) is 12.1 Å². The maximum atomic E-state index is 13.6. The summed E-state index contributed by atoms with van der Waals surface area (Å²) < 4.78 is 31.8. The van der Waals surface area contributed by atoms with Crippen LogP contribution in [0.15, 0.2) is 30.3 Å². The molecule has 7 heteroatoms. The summed E-state index contributed by atoms with van der Waals surface area (Å²) in [6.45, 7) is -0.307. The van der Waals surface area contributed by atoms with E-state index in [-0.39, 0.29) is 34.2 Å². The number of halogens is 3. The van der Waals surface area contributed by atoms with Crippen molar-refractivity contribution in [3.05, 3.63) is 58.1 Å². The van der Waals surface area contributed by atoms with Crippen LogP contribution in [-0.4, -0.2) is 18.3 Å². The van der Waals surface area contributed by atoms with Gasteiger partial charge in [-0.2, -0.15) is 0 Å². The summed E-state index contributed by atoms with van der Waals surface area (Å²) in [7, 11) is 0. The first-order chi connectivity index (χ1) is 10.5. The van der Waals surface area contributed by atoms with E-state index in [0.29, 0.717) is 0 Å². The van der Waals surface area contributed by atoms with Gasteiger partial charge in [-0.3, -0.25) is 9.59 Å². The van der Waals surface area contributed by atoms with Crippen LogP contribution in [-0.2, 0) is 0 Å². The number of rotatable bonds is 2. The third-order valence-corrected chi connectivity index (χ3v) is 3.45. The van der Waals surface area contributed by atoms with Crippen LogP contribution < -0.4 is 10.1 Å². The maximum Gasteiger partial charge on any atom is 0.259 e. The number of fused-ring (bicyclic) bond motifs is 1. The van der Waals surface area contributed by atoms with Gasteiger partial charge in [0.05, 0.1) is 16.1 Å². The van der Waals surface area contributed by atoms with E-state index in [9.17, 15) is 18.4 Å². The van der Waals surface area contributed by atoms with Crippen LogP contribution in [0.4, 0.5) is 14.5 Å². The predicted octanol–water partition coefficient (Wildman–Crippen LogP) is 3.45. The van der Waals surface area contributed by atoms with Crippen LogP contribution in [0.2, 0.25) is 5.02 Å². The van der Waals surface area contributed by atoms with Gasteiger partial charge in [0.1, 0.15) is 17.4 Å². The van der Waals surface area contributed by atoms with Crippen molar-refractivity contribution in [3.63, 3.8) is 0 Å². The van der Waals surface area contributed by atoms with Crippen LogP contribution in [0.25, 0.3) is 0 Å². The summed E-state index contributed by atoms with van der Waals surface area (Å²) in [6.07, 6.45) is 0. The molecule has 112 valence electrons. The van der Waals surface area contributed by atoms with Gasteiger partial charge in [-0.05, 0) is 30.3 Å². The Morgan fingerprint density at radius 3 is 2.64 bits per heavy atom. The number of nitrogens with one attached hydrogen (secondary N) is 1. The second-order valence-electron chi connectivity index (χ2n) is 4.59. The number of Topliss-reactive ketones (excluding diaryl/α,β-unsaturated/α-hetero) is 1. The minimum atomic E-state index is -0.737. The van der Waals surface area contributed by atoms with E-state index in [1.54, 1.807) is 0 Å². The first-order valence-corrected chi connectivity index (χ1v) is 6.60. The maximum absolute atomic E-state index is 13.6. The van der Waals surface area contributed by atoms with E-state index in [2.05, 4.69) is 5.32 Å².